The molecule has 1 aromatic carbocycles. The van der Waals surface area contributed by atoms with Gasteiger partial charge in [0.05, 0.1) is 6.04 Å². The van der Waals surface area contributed by atoms with Crippen LogP contribution in [0.4, 0.5) is 9.18 Å². The number of urea groups is 1. The van der Waals surface area contributed by atoms with E-state index in [1.165, 1.54) is 12.1 Å². The van der Waals surface area contributed by atoms with Crippen LogP contribution in [0.5, 0.6) is 0 Å². The first-order chi connectivity index (χ1) is 10.9. The van der Waals surface area contributed by atoms with Crippen molar-refractivity contribution in [3.05, 3.63) is 35.1 Å². The molecule has 1 aromatic rings. The minimum atomic E-state index is -0.260. The van der Waals surface area contributed by atoms with Crippen molar-refractivity contribution >= 4 is 6.03 Å². The fraction of sp³-hybridized carbons (Fsp3) is 0.611. The summed E-state index contributed by atoms with van der Waals surface area (Å²) in [6, 6.07) is 4.48. The Morgan fingerprint density at radius 3 is 2.96 bits per heavy atom. The molecule has 1 aliphatic carbocycles. The SMILES string of the molecule is CC(C)(CO)CCCNC(=O)NC1CCCc2ccc(F)cc21. The van der Waals surface area contributed by atoms with Gasteiger partial charge in [-0.1, -0.05) is 19.9 Å². The number of rotatable bonds is 6. The zero-order valence-electron chi connectivity index (χ0n) is 14.0. The number of aliphatic hydroxyl groups is 1. The van der Waals surface area contributed by atoms with Crippen LogP contribution in [0.15, 0.2) is 18.2 Å². The number of hydrogen-bond acceptors (Lipinski definition) is 2. The van der Waals surface area contributed by atoms with Crippen molar-refractivity contribution in [3.63, 3.8) is 0 Å². The summed E-state index contributed by atoms with van der Waals surface area (Å²) in [6.07, 6.45) is 4.43. The van der Waals surface area contributed by atoms with Gasteiger partial charge in [-0.15, -0.1) is 0 Å². The van der Waals surface area contributed by atoms with Gasteiger partial charge in [-0.25, -0.2) is 9.18 Å². The first kappa shape index (κ1) is 17.7. The number of aryl methyl sites for hydroxylation is 1. The number of carbonyl (C=O) groups is 1. The van der Waals surface area contributed by atoms with Gasteiger partial charge in [0.1, 0.15) is 5.82 Å². The summed E-state index contributed by atoms with van der Waals surface area (Å²) in [5, 5.41) is 15.0. The zero-order valence-corrected chi connectivity index (χ0v) is 14.0. The third-order valence-corrected chi connectivity index (χ3v) is 4.47. The Kier molecular flexibility index (Phi) is 5.99. The molecular weight excluding hydrogens is 295 g/mol. The largest absolute Gasteiger partial charge is 0.396 e. The van der Waals surface area contributed by atoms with Gasteiger partial charge < -0.3 is 15.7 Å². The van der Waals surface area contributed by atoms with Gasteiger partial charge >= 0.3 is 6.03 Å². The van der Waals surface area contributed by atoms with E-state index in [2.05, 4.69) is 10.6 Å². The number of nitrogens with one attached hydrogen (secondary N) is 2. The summed E-state index contributed by atoms with van der Waals surface area (Å²) >= 11 is 0. The van der Waals surface area contributed by atoms with E-state index in [0.717, 1.165) is 43.2 Å². The van der Waals surface area contributed by atoms with Crippen molar-refractivity contribution in [2.45, 2.75) is 52.0 Å². The summed E-state index contributed by atoms with van der Waals surface area (Å²) in [5.41, 5.74) is 1.90. The van der Waals surface area contributed by atoms with Gasteiger partial charge in [0.2, 0.25) is 0 Å². The number of halogens is 1. The van der Waals surface area contributed by atoms with E-state index in [1.807, 2.05) is 19.9 Å². The van der Waals surface area contributed by atoms with Crippen LogP contribution < -0.4 is 10.6 Å². The molecule has 4 nitrogen and oxygen atoms in total. The minimum absolute atomic E-state index is 0.113. The monoisotopic (exact) mass is 322 g/mol. The van der Waals surface area contributed by atoms with Gasteiger partial charge in [-0.2, -0.15) is 0 Å². The summed E-state index contributed by atoms with van der Waals surface area (Å²) in [7, 11) is 0. The maximum atomic E-state index is 13.5. The van der Waals surface area contributed by atoms with E-state index >= 15 is 0 Å². The van der Waals surface area contributed by atoms with Crippen LogP contribution in [0.3, 0.4) is 0 Å². The van der Waals surface area contributed by atoms with Crippen molar-refractivity contribution in [2.24, 2.45) is 5.41 Å². The Hall–Kier alpha value is -1.62. The lowest BCUT2D eigenvalue weighted by molar-refractivity contribution is 0.148. The Balaban J connectivity index is 1.82. The second-order valence-electron chi connectivity index (χ2n) is 7.11. The van der Waals surface area contributed by atoms with E-state index < -0.39 is 0 Å². The second kappa shape index (κ2) is 7.77. The number of amides is 2. The Morgan fingerprint density at radius 1 is 1.43 bits per heavy atom. The quantitative estimate of drug-likeness (QED) is 0.704. The van der Waals surface area contributed by atoms with E-state index in [4.69, 9.17) is 0 Å². The van der Waals surface area contributed by atoms with Crippen molar-refractivity contribution in [3.8, 4) is 0 Å². The molecule has 0 aliphatic heterocycles. The van der Waals surface area contributed by atoms with Gasteiger partial charge in [-0.3, -0.25) is 0 Å². The first-order valence-corrected chi connectivity index (χ1v) is 8.35. The average molecular weight is 322 g/mol. The highest BCUT2D eigenvalue weighted by atomic mass is 19.1. The smallest absolute Gasteiger partial charge is 0.315 e. The summed E-state index contributed by atoms with van der Waals surface area (Å²) < 4.78 is 13.5. The predicted molar refractivity (Wildman–Crippen MR) is 88.7 cm³/mol. The molecule has 0 radical (unpaired) electrons. The molecule has 0 aromatic heterocycles. The Bertz CT molecular complexity index is 546. The van der Waals surface area contributed by atoms with Crippen LogP contribution >= 0.6 is 0 Å². The van der Waals surface area contributed by atoms with E-state index in [1.54, 1.807) is 0 Å². The lowest BCUT2D eigenvalue weighted by Crippen LogP contribution is -2.39. The molecule has 0 bridgehead atoms. The molecule has 0 heterocycles. The maximum Gasteiger partial charge on any atom is 0.315 e. The van der Waals surface area contributed by atoms with Crippen LogP contribution in [0.1, 0.15) is 56.7 Å². The Morgan fingerprint density at radius 2 is 2.22 bits per heavy atom. The van der Waals surface area contributed by atoms with E-state index in [0.29, 0.717) is 6.54 Å². The molecule has 2 rings (SSSR count). The molecular formula is C18H27FN2O2. The summed E-state index contributed by atoms with van der Waals surface area (Å²) in [5.74, 6) is -0.260. The fourth-order valence-corrected chi connectivity index (χ4v) is 2.98. The Labute approximate surface area is 137 Å². The fourth-order valence-electron chi connectivity index (χ4n) is 2.98. The number of carbonyl (C=O) groups excluding carboxylic acids is 1. The molecule has 0 fully saturated rings. The lowest BCUT2D eigenvalue weighted by Gasteiger charge is -2.26. The number of aliphatic hydroxyl groups excluding tert-OH is 1. The number of fused-ring (bicyclic) bond motifs is 1. The molecule has 2 amide bonds. The first-order valence-electron chi connectivity index (χ1n) is 8.35. The molecule has 128 valence electrons. The van der Waals surface area contributed by atoms with Gasteiger partial charge in [0.25, 0.3) is 0 Å². The standard InChI is InChI=1S/C18H27FN2O2/c1-18(2,12-22)9-4-10-20-17(23)21-16-6-3-5-13-7-8-14(19)11-15(13)16/h7-8,11,16,22H,3-6,9-10,12H2,1-2H3,(H2,20,21,23). The predicted octanol–water partition coefficient (Wildman–Crippen LogP) is 3.30. The molecule has 1 aliphatic rings. The second-order valence-corrected chi connectivity index (χ2v) is 7.11. The highest BCUT2D eigenvalue weighted by Gasteiger charge is 2.22. The van der Waals surface area contributed by atoms with Crippen molar-refractivity contribution in [1.82, 2.24) is 10.6 Å². The topological polar surface area (TPSA) is 61.4 Å². The minimum Gasteiger partial charge on any atom is -0.396 e. The highest BCUT2D eigenvalue weighted by Crippen LogP contribution is 2.30. The maximum absolute atomic E-state index is 13.5. The van der Waals surface area contributed by atoms with Crippen molar-refractivity contribution < 1.29 is 14.3 Å². The summed E-state index contributed by atoms with van der Waals surface area (Å²) in [6.45, 7) is 4.71. The third-order valence-electron chi connectivity index (χ3n) is 4.47. The van der Waals surface area contributed by atoms with Crippen molar-refractivity contribution in [2.75, 3.05) is 13.2 Å². The molecule has 3 N–H and O–H groups in total. The molecule has 23 heavy (non-hydrogen) atoms. The number of benzene rings is 1. The molecule has 5 heteroatoms. The third kappa shape index (κ3) is 5.20. The van der Waals surface area contributed by atoms with Crippen LogP contribution in [0.2, 0.25) is 0 Å². The molecule has 1 atom stereocenters. The van der Waals surface area contributed by atoms with Crippen LogP contribution in [-0.2, 0) is 6.42 Å². The molecule has 0 spiro atoms. The van der Waals surface area contributed by atoms with Crippen LogP contribution in [-0.4, -0.2) is 24.3 Å². The van der Waals surface area contributed by atoms with E-state index in [9.17, 15) is 14.3 Å². The van der Waals surface area contributed by atoms with Crippen molar-refractivity contribution in [1.29, 1.82) is 0 Å². The molecule has 1 unspecified atom stereocenters. The van der Waals surface area contributed by atoms with Gasteiger partial charge in [0, 0.05) is 13.2 Å². The van der Waals surface area contributed by atoms with Gasteiger partial charge in [0.15, 0.2) is 0 Å². The normalized spacial score (nSPS) is 17.5. The number of hydrogen-bond donors (Lipinski definition) is 3. The van der Waals surface area contributed by atoms with Gasteiger partial charge in [-0.05, 0) is 60.8 Å². The average Bonchev–Trinajstić information content (AvgIpc) is 2.52. The highest BCUT2D eigenvalue weighted by molar-refractivity contribution is 5.74. The van der Waals surface area contributed by atoms with E-state index in [-0.39, 0.29) is 29.9 Å². The summed E-state index contributed by atoms with van der Waals surface area (Å²) in [4.78, 5) is 12.0. The molecule has 0 saturated heterocycles. The lowest BCUT2D eigenvalue weighted by atomic mass is 9.87. The van der Waals surface area contributed by atoms with Crippen LogP contribution in [0, 0.1) is 11.2 Å². The zero-order chi connectivity index (χ0) is 16.9. The van der Waals surface area contributed by atoms with Crippen LogP contribution in [0.25, 0.3) is 0 Å². The molecule has 0 saturated carbocycles.